The molecule has 1 aliphatic heterocycles. The molecule has 2 heteroatoms. The molecule has 1 saturated heterocycles. The Morgan fingerprint density at radius 1 is 1.42 bits per heavy atom. The van der Waals surface area contributed by atoms with Gasteiger partial charge in [0.15, 0.2) is 0 Å². The van der Waals surface area contributed by atoms with Gasteiger partial charge in [-0.1, -0.05) is 18.6 Å². The van der Waals surface area contributed by atoms with Crippen LogP contribution >= 0.6 is 0 Å². The molecule has 1 unspecified atom stereocenters. The van der Waals surface area contributed by atoms with Crippen LogP contribution in [0.2, 0.25) is 0 Å². The molecule has 1 fully saturated rings. The van der Waals surface area contributed by atoms with Crippen LogP contribution in [0.3, 0.4) is 0 Å². The van der Waals surface area contributed by atoms with Crippen LogP contribution in [0, 0.1) is 0 Å². The Bertz CT molecular complexity index is 143. The molecule has 0 aromatic carbocycles. The monoisotopic (exact) mass is 168 g/mol. The first-order valence-corrected chi connectivity index (χ1v) is 4.90. The average Bonchev–Trinajstić information content (AvgIpc) is 2.09. The molecular weight excluding hydrogens is 148 g/mol. The van der Waals surface area contributed by atoms with E-state index in [1.165, 1.54) is 32.2 Å². The minimum Gasteiger partial charge on any atom is -0.327 e. The van der Waals surface area contributed by atoms with Crippen molar-refractivity contribution in [1.82, 2.24) is 4.90 Å². The Morgan fingerprint density at radius 2 is 2.25 bits per heavy atom. The van der Waals surface area contributed by atoms with Crippen LogP contribution < -0.4 is 5.73 Å². The molecule has 1 heterocycles. The number of nitrogens with two attached hydrogens (primary N) is 1. The van der Waals surface area contributed by atoms with Gasteiger partial charge >= 0.3 is 0 Å². The first kappa shape index (κ1) is 9.75. The van der Waals surface area contributed by atoms with Gasteiger partial charge in [0.1, 0.15) is 0 Å². The maximum Gasteiger partial charge on any atom is 0.0127 e. The second-order valence-corrected chi connectivity index (χ2v) is 3.57. The van der Waals surface area contributed by atoms with Crippen molar-refractivity contribution in [2.75, 3.05) is 20.1 Å². The topological polar surface area (TPSA) is 29.3 Å². The van der Waals surface area contributed by atoms with Crippen molar-refractivity contribution in [2.24, 2.45) is 5.73 Å². The standard InChI is InChI=1S/C10H20N2/c1-12-9-5-3-7-10(12)6-2-4-8-11/h2,4,10H,3,5-9,11H2,1H3/b4-2-. The number of nitrogens with zero attached hydrogens (tertiary/aromatic N) is 1. The largest absolute Gasteiger partial charge is 0.327 e. The molecule has 0 aromatic heterocycles. The number of rotatable bonds is 3. The van der Waals surface area contributed by atoms with E-state index in [1.54, 1.807) is 0 Å². The van der Waals surface area contributed by atoms with Gasteiger partial charge in [-0.05, 0) is 32.9 Å². The molecule has 70 valence electrons. The molecule has 0 amide bonds. The third-order valence-corrected chi connectivity index (χ3v) is 2.63. The Balaban J connectivity index is 2.24. The zero-order chi connectivity index (χ0) is 8.81. The summed E-state index contributed by atoms with van der Waals surface area (Å²) >= 11 is 0. The van der Waals surface area contributed by atoms with E-state index in [1.807, 2.05) is 0 Å². The average molecular weight is 168 g/mol. The summed E-state index contributed by atoms with van der Waals surface area (Å²) in [6.07, 6.45) is 9.56. The summed E-state index contributed by atoms with van der Waals surface area (Å²) < 4.78 is 0. The molecule has 0 bridgehead atoms. The number of hydrogen-bond donors (Lipinski definition) is 1. The summed E-state index contributed by atoms with van der Waals surface area (Å²) in [5.74, 6) is 0. The van der Waals surface area contributed by atoms with Gasteiger partial charge in [-0.15, -0.1) is 0 Å². The molecule has 12 heavy (non-hydrogen) atoms. The first-order chi connectivity index (χ1) is 5.84. The summed E-state index contributed by atoms with van der Waals surface area (Å²) in [4.78, 5) is 2.46. The quantitative estimate of drug-likeness (QED) is 0.645. The van der Waals surface area contributed by atoms with Crippen molar-refractivity contribution < 1.29 is 0 Å². The van der Waals surface area contributed by atoms with Crippen LogP contribution in [0.25, 0.3) is 0 Å². The minimum atomic E-state index is 0.677. The molecule has 1 aliphatic rings. The van der Waals surface area contributed by atoms with Gasteiger partial charge in [0.05, 0.1) is 0 Å². The molecule has 0 spiro atoms. The second-order valence-electron chi connectivity index (χ2n) is 3.57. The Hall–Kier alpha value is -0.340. The number of hydrogen-bond acceptors (Lipinski definition) is 2. The van der Waals surface area contributed by atoms with E-state index < -0.39 is 0 Å². The van der Waals surface area contributed by atoms with Crippen LogP contribution in [0.1, 0.15) is 25.7 Å². The highest BCUT2D eigenvalue weighted by Crippen LogP contribution is 2.17. The lowest BCUT2D eigenvalue weighted by molar-refractivity contribution is 0.187. The fourth-order valence-corrected chi connectivity index (χ4v) is 1.79. The highest BCUT2D eigenvalue weighted by Gasteiger charge is 2.16. The number of piperidine rings is 1. The van der Waals surface area contributed by atoms with Crippen LogP contribution in [-0.4, -0.2) is 31.1 Å². The van der Waals surface area contributed by atoms with Gasteiger partial charge in [-0.25, -0.2) is 0 Å². The van der Waals surface area contributed by atoms with Crippen LogP contribution in [0.15, 0.2) is 12.2 Å². The van der Waals surface area contributed by atoms with E-state index >= 15 is 0 Å². The fraction of sp³-hybridized carbons (Fsp3) is 0.800. The van der Waals surface area contributed by atoms with Gasteiger partial charge in [-0.3, -0.25) is 0 Å². The van der Waals surface area contributed by atoms with Gasteiger partial charge in [0.25, 0.3) is 0 Å². The van der Waals surface area contributed by atoms with Crippen LogP contribution in [0.5, 0.6) is 0 Å². The smallest absolute Gasteiger partial charge is 0.0127 e. The third-order valence-electron chi connectivity index (χ3n) is 2.63. The minimum absolute atomic E-state index is 0.677. The van der Waals surface area contributed by atoms with Crippen LogP contribution in [-0.2, 0) is 0 Å². The lowest BCUT2D eigenvalue weighted by Gasteiger charge is -2.31. The Morgan fingerprint density at radius 3 is 2.92 bits per heavy atom. The molecule has 1 atom stereocenters. The summed E-state index contributed by atoms with van der Waals surface area (Å²) in [5, 5.41) is 0. The molecule has 0 aromatic rings. The normalized spacial score (nSPS) is 26.7. The van der Waals surface area contributed by atoms with Gasteiger partial charge in [0, 0.05) is 12.6 Å². The van der Waals surface area contributed by atoms with Gasteiger partial charge in [0.2, 0.25) is 0 Å². The molecule has 0 saturated carbocycles. The van der Waals surface area contributed by atoms with E-state index in [2.05, 4.69) is 24.1 Å². The fourth-order valence-electron chi connectivity index (χ4n) is 1.79. The van der Waals surface area contributed by atoms with Crippen LogP contribution in [0.4, 0.5) is 0 Å². The summed E-state index contributed by atoms with van der Waals surface area (Å²) in [7, 11) is 2.22. The third kappa shape index (κ3) is 2.95. The zero-order valence-corrected chi connectivity index (χ0v) is 8.00. The maximum atomic E-state index is 5.38. The van der Waals surface area contributed by atoms with E-state index in [-0.39, 0.29) is 0 Å². The molecule has 0 radical (unpaired) electrons. The van der Waals surface area contributed by atoms with Gasteiger partial charge in [-0.2, -0.15) is 0 Å². The molecule has 0 aliphatic carbocycles. The lowest BCUT2D eigenvalue weighted by atomic mass is 10.00. The first-order valence-electron chi connectivity index (χ1n) is 4.90. The van der Waals surface area contributed by atoms with Crippen molar-refractivity contribution in [3.8, 4) is 0 Å². The molecular formula is C10H20N2. The number of likely N-dealkylation sites (tertiary alicyclic amines) is 1. The molecule has 2 N–H and O–H groups in total. The van der Waals surface area contributed by atoms with Crippen molar-refractivity contribution in [2.45, 2.75) is 31.7 Å². The van der Waals surface area contributed by atoms with Crippen molar-refractivity contribution in [1.29, 1.82) is 0 Å². The Labute approximate surface area is 75.4 Å². The summed E-state index contributed by atoms with van der Waals surface area (Å²) in [6.45, 7) is 1.94. The highest BCUT2D eigenvalue weighted by molar-refractivity contribution is 4.88. The Kier molecular flexibility index (Phi) is 4.33. The zero-order valence-electron chi connectivity index (χ0n) is 8.00. The van der Waals surface area contributed by atoms with Crippen molar-refractivity contribution in [3.63, 3.8) is 0 Å². The van der Waals surface area contributed by atoms with Crippen molar-refractivity contribution in [3.05, 3.63) is 12.2 Å². The molecule has 2 nitrogen and oxygen atoms in total. The predicted octanol–water partition coefficient (Wildman–Crippen LogP) is 1.38. The van der Waals surface area contributed by atoms with Gasteiger partial charge < -0.3 is 10.6 Å². The van der Waals surface area contributed by atoms with E-state index in [4.69, 9.17) is 5.73 Å². The summed E-state index contributed by atoms with van der Waals surface area (Å²) in [5.41, 5.74) is 5.38. The molecule has 1 rings (SSSR count). The van der Waals surface area contributed by atoms with E-state index in [0.29, 0.717) is 6.54 Å². The predicted molar refractivity (Wildman–Crippen MR) is 53.1 cm³/mol. The van der Waals surface area contributed by atoms with E-state index in [9.17, 15) is 0 Å². The highest BCUT2D eigenvalue weighted by atomic mass is 15.1. The SMILES string of the molecule is CN1CCCCC1C/C=C\CN. The lowest BCUT2D eigenvalue weighted by Crippen LogP contribution is -2.35. The summed E-state index contributed by atoms with van der Waals surface area (Å²) in [6, 6.07) is 0.765. The van der Waals surface area contributed by atoms with E-state index in [0.717, 1.165) is 6.04 Å². The second kappa shape index (κ2) is 5.33. The van der Waals surface area contributed by atoms with Crippen molar-refractivity contribution >= 4 is 0 Å². The maximum absolute atomic E-state index is 5.38.